The summed E-state index contributed by atoms with van der Waals surface area (Å²) in [4.78, 5) is 2.53. The average molecular weight is 312 g/mol. The molecule has 0 fully saturated rings. The van der Waals surface area contributed by atoms with Crippen molar-refractivity contribution in [3.8, 4) is 10.4 Å². The lowest BCUT2D eigenvalue weighted by Crippen LogP contribution is -2.19. The Balaban J connectivity index is 1.79. The van der Waals surface area contributed by atoms with Crippen molar-refractivity contribution in [2.24, 2.45) is 0 Å². The molecule has 3 nitrogen and oxygen atoms in total. The van der Waals surface area contributed by atoms with Crippen LogP contribution in [0.1, 0.15) is 4.88 Å². The lowest BCUT2D eigenvalue weighted by Gasteiger charge is -2.03. The molecule has 0 amide bonds. The molecule has 0 bridgehead atoms. The van der Waals surface area contributed by atoms with Crippen LogP contribution in [-0.4, -0.2) is 31.5 Å². The molecule has 0 saturated carbocycles. The third-order valence-electron chi connectivity index (χ3n) is 2.75. The van der Waals surface area contributed by atoms with E-state index >= 15 is 0 Å². The van der Waals surface area contributed by atoms with Crippen LogP contribution < -0.4 is 5.32 Å². The number of aliphatic hydroxyl groups excluding tert-OH is 1. The van der Waals surface area contributed by atoms with Gasteiger partial charge in [-0.1, -0.05) is 23.7 Å². The second-order valence-electron chi connectivity index (χ2n) is 4.29. The number of ether oxygens (including phenoxy) is 1. The summed E-state index contributed by atoms with van der Waals surface area (Å²) in [5.74, 6) is 0. The van der Waals surface area contributed by atoms with Gasteiger partial charge in [-0.05, 0) is 29.8 Å². The summed E-state index contributed by atoms with van der Waals surface area (Å²) >= 11 is 7.66. The Hall–Kier alpha value is -0.910. The zero-order valence-electron chi connectivity index (χ0n) is 11.1. The fourth-order valence-corrected chi connectivity index (χ4v) is 2.87. The summed E-state index contributed by atoms with van der Waals surface area (Å²) < 4.78 is 5.18. The molecule has 0 aliphatic carbocycles. The molecule has 20 heavy (non-hydrogen) atoms. The molecule has 5 heteroatoms. The number of halogens is 1. The van der Waals surface area contributed by atoms with Crippen molar-refractivity contribution in [3.05, 3.63) is 46.3 Å². The van der Waals surface area contributed by atoms with Crippen molar-refractivity contribution in [2.75, 3.05) is 26.4 Å². The first-order valence-electron chi connectivity index (χ1n) is 6.53. The predicted molar refractivity (Wildman–Crippen MR) is 84.4 cm³/mol. The minimum absolute atomic E-state index is 0.0787. The van der Waals surface area contributed by atoms with Crippen LogP contribution in [0.25, 0.3) is 10.4 Å². The molecule has 0 aliphatic rings. The molecule has 0 radical (unpaired) electrons. The van der Waals surface area contributed by atoms with E-state index in [1.54, 1.807) is 11.3 Å². The lowest BCUT2D eigenvalue weighted by atomic mass is 10.2. The zero-order valence-corrected chi connectivity index (χ0v) is 12.7. The summed E-state index contributed by atoms with van der Waals surface area (Å²) in [5, 5.41) is 12.7. The first kappa shape index (κ1) is 15.5. The van der Waals surface area contributed by atoms with Gasteiger partial charge in [-0.25, -0.2) is 0 Å². The van der Waals surface area contributed by atoms with Crippen molar-refractivity contribution in [1.29, 1.82) is 0 Å². The van der Waals surface area contributed by atoms with Crippen LogP contribution in [0.4, 0.5) is 0 Å². The second-order valence-corrected chi connectivity index (χ2v) is 5.89. The Morgan fingerprint density at radius 1 is 1.10 bits per heavy atom. The second kappa shape index (κ2) is 8.39. The van der Waals surface area contributed by atoms with Gasteiger partial charge in [-0.2, -0.15) is 0 Å². The highest BCUT2D eigenvalue weighted by Crippen LogP contribution is 2.28. The molecule has 2 aromatic rings. The van der Waals surface area contributed by atoms with Crippen molar-refractivity contribution < 1.29 is 9.84 Å². The minimum Gasteiger partial charge on any atom is -0.394 e. The molecule has 1 aromatic carbocycles. The van der Waals surface area contributed by atoms with Gasteiger partial charge in [-0.3, -0.25) is 0 Å². The molecule has 0 aliphatic heterocycles. The predicted octanol–water partition coefficient (Wildman–Crippen LogP) is 3.17. The van der Waals surface area contributed by atoms with E-state index in [1.807, 2.05) is 24.3 Å². The van der Waals surface area contributed by atoms with Crippen LogP contribution in [0.5, 0.6) is 0 Å². The first-order valence-corrected chi connectivity index (χ1v) is 7.73. The van der Waals surface area contributed by atoms with Gasteiger partial charge in [0.15, 0.2) is 0 Å². The van der Waals surface area contributed by atoms with Crippen molar-refractivity contribution in [1.82, 2.24) is 5.32 Å². The van der Waals surface area contributed by atoms with E-state index in [0.29, 0.717) is 13.2 Å². The Morgan fingerprint density at radius 3 is 2.65 bits per heavy atom. The highest BCUT2D eigenvalue weighted by molar-refractivity contribution is 7.15. The number of rotatable bonds is 8. The van der Waals surface area contributed by atoms with E-state index in [4.69, 9.17) is 21.4 Å². The van der Waals surface area contributed by atoms with Crippen LogP contribution in [-0.2, 0) is 11.3 Å². The maximum atomic E-state index is 8.58. The molecule has 0 unspecified atom stereocenters. The van der Waals surface area contributed by atoms with E-state index in [9.17, 15) is 0 Å². The number of benzene rings is 1. The minimum atomic E-state index is 0.0787. The van der Waals surface area contributed by atoms with Crippen molar-refractivity contribution in [2.45, 2.75) is 6.54 Å². The van der Waals surface area contributed by atoms with Gasteiger partial charge in [-0.15, -0.1) is 11.3 Å². The maximum Gasteiger partial charge on any atom is 0.0698 e. The molecule has 0 atom stereocenters. The molecule has 0 saturated heterocycles. The SMILES string of the molecule is OCCOCCNCc1ccc(-c2ccc(Cl)cc2)s1. The van der Waals surface area contributed by atoms with E-state index < -0.39 is 0 Å². The topological polar surface area (TPSA) is 41.5 Å². The third kappa shape index (κ3) is 4.89. The summed E-state index contributed by atoms with van der Waals surface area (Å²) in [7, 11) is 0. The van der Waals surface area contributed by atoms with Crippen LogP contribution in [0, 0.1) is 0 Å². The highest BCUT2D eigenvalue weighted by Gasteiger charge is 2.02. The van der Waals surface area contributed by atoms with Gasteiger partial charge < -0.3 is 15.2 Å². The Morgan fingerprint density at radius 2 is 1.90 bits per heavy atom. The van der Waals surface area contributed by atoms with Gasteiger partial charge in [0, 0.05) is 27.9 Å². The standard InChI is InChI=1S/C15H18ClNO2S/c16-13-3-1-12(2-4-13)15-6-5-14(20-15)11-17-7-9-19-10-8-18/h1-6,17-18H,7-11H2. The zero-order chi connectivity index (χ0) is 14.2. The lowest BCUT2D eigenvalue weighted by molar-refractivity contribution is 0.0938. The van der Waals surface area contributed by atoms with Gasteiger partial charge >= 0.3 is 0 Å². The van der Waals surface area contributed by atoms with Crippen molar-refractivity contribution >= 4 is 22.9 Å². The van der Waals surface area contributed by atoms with Gasteiger partial charge in [0.25, 0.3) is 0 Å². The van der Waals surface area contributed by atoms with E-state index in [1.165, 1.54) is 15.3 Å². The van der Waals surface area contributed by atoms with E-state index in [-0.39, 0.29) is 6.61 Å². The molecular formula is C15H18ClNO2S. The summed E-state index contributed by atoms with van der Waals surface area (Å²) in [6, 6.07) is 12.2. The third-order valence-corrected chi connectivity index (χ3v) is 4.13. The normalized spacial score (nSPS) is 10.9. The molecule has 2 rings (SSSR count). The smallest absolute Gasteiger partial charge is 0.0698 e. The number of aliphatic hydroxyl groups is 1. The largest absolute Gasteiger partial charge is 0.394 e. The average Bonchev–Trinajstić information content (AvgIpc) is 2.92. The van der Waals surface area contributed by atoms with Crippen LogP contribution in [0.3, 0.4) is 0 Å². The fraction of sp³-hybridized carbons (Fsp3) is 0.333. The van der Waals surface area contributed by atoms with E-state index in [0.717, 1.165) is 18.1 Å². The van der Waals surface area contributed by atoms with Gasteiger partial charge in [0.2, 0.25) is 0 Å². The van der Waals surface area contributed by atoms with Crippen LogP contribution in [0.2, 0.25) is 5.02 Å². The Kier molecular flexibility index (Phi) is 6.50. The molecule has 1 aromatic heterocycles. The molecule has 1 heterocycles. The number of nitrogens with one attached hydrogen (secondary N) is 1. The fourth-order valence-electron chi connectivity index (χ4n) is 1.76. The number of thiophene rings is 1. The van der Waals surface area contributed by atoms with Crippen LogP contribution in [0.15, 0.2) is 36.4 Å². The van der Waals surface area contributed by atoms with Crippen LogP contribution >= 0.6 is 22.9 Å². The molecular weight excluding hydrogens is 294 g/mol. The quantitative estimate of drug-likeness (QED) is 0.736. The molecule has 108 valence electrons. The van der Waals surface area contributed by atoms with Gasteiger partial charge in [0.1, 0.15) is 0 Å². The van der Waals surface area contributed by atoms with E-state index in [2.05, 4.69) is 17.4 Å². The molecule has 2 N–H and O–H groups in total. The van der Waals surface area contributed by atoms with Gasteiger partial charge in [0.05, 0.1) is 19.8 Å². The number of hydrogen-bond donors (Lipinski definition) is 2. The maximum absolute atomic E-state index is 8.58. The highest BCUT2D eigenvalue weighted by atomic mass is 35.5. The first-order chi connectivity index (χ1) is 9.79. The summed E-state index contributed by atoms with van der Waals surface area (Å²) in [5.41, 5.74) is 1.19. The summed E-state index contributed by atoms with van der Waals surface area (Å²) in [6.07, 6.45) is 0. The monoisotopic (exact) mass is 311 g/mol. The number of hydrogen-bond acceptors (Lipinski definition) is 4. The summed E-state index contributed by atoms with van der Waals surface area (Å²) in [6.45, 7) is 2.72. The Bertz CT molecular complexity index is 513. The molecule has 0 spiro atoms. The Labute approximate surface area is 128 Å². The van der Waals surface area contributed by atoms with Crippen molar-refractivity contribution in [3.63, 3.8) is 0 Å².